The second-order valence-corrected chi connectivity index (χ2v) is 4.95. The van der Waals surface area contributed by atoms with E-state index in [2.05, 4.69) is 5.32 Å². The molecule has 0 radical (unpaired) electrons. The molecule has 0 bridgehead atoms. The zero-order chi connectivity index (χ0) is 11.6. The predicted octanol–water partition coefficient (Wildman–Crippen LogP) is 2.41. The third-order valence-corrected chi connectivity index (χ3v) is 3.48. The molecule has 1 aromatic rings. The zero-order valence-electron chi connectivity index (χ0n) is 8.67. The van der Waals surface area contributed by atoms with Gasteiger partial charge < -0.3 is 15.2 Å². The average molecular weight is 262 g/mol. The van der Waals surface area contributed by atoms with Crippen LogP contribution < -0.4 is 5.32 Å². The number of halogens is 2. The van der Waals surface area contributed by atoms with Gasteiger partial charge in [-0.3, -0.25) is 0 Å². The van der Waals surface area contributed by atoms with Gasteiger partial charge >= 0.3 is 0 Å². The first kappa shape index (κ1) is 12.0. The third-order valence-electron chi connectivity index (χ3n) is 2.74. The summed E-state index contributed by atoms with van der Waals surface area (Å²) < 4.78 is 5.11. The number of aliphatic hydroxyl groups excluding tert-OH is 1. The Labute approximate surface area is 104 Å². The van der Waals surface area contributed by atoms with Crippen LogP contribution in [0.5, 0.6) is 0 Å². The van der Waals surface area contributed by atoms with Gasteiger partial charge in [0.15, 0.2) is 0 Å². The zero-order valence-corrected chi connectivity index (χ0v) is 10.2. The third kappa shape index (κ3) is 2.43. The maximum absolute atomic E-state index is 9.25. The Morgan fingerprint density at radius 2 is 2.06 bits per heavy atom. The number of hydrogen-bond donors (Lipinski definition) is 2. The second-order valence-electron chi connectivity index (χ2n) is 4.13. The number of nitrogens with one attached hydrogen (secondary N) is 1. The van der Waals surface area contributed by atoms with Crippen molar-refractivity contribution in [2.24, 2.45) is 5.41 Å². The Morgan fingerprint density at radius 3 is 2.56 bits per heavy atom. The van der Waals surface area contributed by atoms with Crippen molar-refractivity contribution in [3.63, 3.8) is 0 Å². The van der Waals surface area contributed by atoms with Crippen LogP contribution in [0.2, 0.25) is 10.0 Å². The van der Waals surface area contributed by atoms with Crippen LogP contribution in [0.3, 0.4) is 0 Å². The summed E-state index contributed by atoms with van der Waals surface area (Å²) in [5, 5.41) is 13.5. The van der Waals surface area contributed by atoms with Gasteiger partial charge in [-0.2, -0.15) is 0 Å². The smallest absolute Gasteiger partial charge is 0.0612 e. The minimum Gasteiger partial charge on any atom is -0.396 e. The van der Waals surface area contributed by atoms with Gasteiger partial charge in [-0.15, -0.1) is 0 Å². The molecule has 1 fully saturated rings. The van der Waals surface area contributed by atoms with Gasteiger partial charge in [-0.1, -0.05) is 23.2 Å². The Balaban J connectivity index is 1.96. The minimum absolute atomic E-state index is 0.126. The summed E-state index contributed by atoms with van der Waals surface area (Å²) in [4.78, 5) is 0. The van der Waals surface area contributed by atoms with E-state index in [1.165, 1.54) is 0 Å². The molecule has 2 N–H and O–H groups in total. The molecule has 1 heterocycles. The van der Waals surface area contributed by atoms with E-state index in [9.17, 15) is 5.11 Å². The molecule has 0 amide bonds. The van der Waals surface area contributed by atoms with E-state index in [1.54, 1.807) is 12.1 Å². The number of ether oxygens (including phenoxy) is 1. The van der Waals surface area contributed by atoms with Crippen molar-refractivity contribution in [2.45, 2.75) is 0 Å². The first-order valence-corrected chi connectivity index (χ1v) is 5.78. The highest BCUT2D eigenvalue weighted by atomic mass is 35.5. The number of anilines is 1. The summed E-state index contributed by atoms with van der Waals surface area (Å²) >= 11 is 11.7. The van der Waals surface area contributed by atoms with E-state index in [0.29, 0.717) is 29.8 Å². The average Bonchev–Trinajstić information content (AvgIpc) is 2.22. The summed E-state index contributed by atoms with van der Waals surface area (Å²) in [6.45, 7) is 1.98. The Morgan fingerprint density at radius 1 is 1.31 bits per heavy atom. The fraction of sp³-hybridized carbons (Fsp3) is 0.455. The van der Waals surface area contributed by atoms with Crippen molar-refractivity contribution >= 4 is 28.9 Å². The van der Waals surface area contributed by atoms with Crippen molar-refractivity contribution in [2.75, 3.05) is 31.7 Å². The van der Waals surface area contributed by atoms with Gasteiger partial charge in [0.05, 0.1) is 35.3 Å². The van der Waals surface area contributed by atoms with E-state index in [-0.39, 0.29) is 12.0 Å². The molecule has 88 valence electrons. The number of aliphatic hydroxyl groups is 1. The predicted molar refractivity (Wildman–Crippen MR) is 65.3 cm³/mol. The van der Waals surface area contributed by atoms with E-state index in [4.69, 9.17) is 27.9 Å². The second kappa shape index (κ2) is 4.80. The van der Waals surface area contributed by atoms with Crippen molar-refractivity contribution in [3.8, 4) is 0 Å². The van der Waals surface area contributed by atoms with E-state index in [1.807, 2.05) is 6.07 Å². The SMILES string of the molecule is OCC1(CNc2ccc(Cl)c(Cl)c2)COC1. The van der Waals surface area contributed by atoms with Crippen LogP contribution >= 0.6 is 23.2 Å². The lowest BCUT2D eigenvalue weighted by Gasteiger charge is -2.40. The normalized spacial score (nSPS) is 17.9. The van der Waals surface area contributed by atoms with Crippen LogP contribution in [0.4, 0.5) is 5.69 Å². The molecule has 3 nitrogen and oxygen atoms in total. The molecule has 0 aliphatic carbocycles. The standard InChI is InChI=1S/C11H13Cl2NO2/c12-9-2-1-8(3-10(9)13)14-4-11(5-15)6-16-7-11/h1-3,14-15H,4-7H2. The molecule has 0 atom stereocenters. The first-order valence-electron chi connectivity index (χ1n) is 5.03. The summed E-state index contributed by atoms with van der Waals surface area (Å²) in [6.07, 6.45) is 0. The molecule has 0 aromatic heterocycles. The first-order chi connectivity index (χ1) is 7.65. The van der Waals surface area contributed by atoms with Crippen molar-refractivity contribution < 1.29 is 9.84 Å². The lowest BCUT2D eigenvalue weighted by atomic mass is 9.87. The van der Waals surface area contributed by atoms with Gasteiger partial charge in [-0.25, -0.2) is 0 Å². The Kier molecular flexibility index (Phi) is 3.60. The number of rotatable bonds is 4. The lowest BCUT2D eigenvalue weighted by molar-refractivity contribution is -0.128. The fourth-order valence-electron chi connectivity index (χ4n) is 1.54. The molecule has 0 unspecified atom stereocenters. The quantitative estimate of drug-likeness (QED) is 0.875. The number of hydrogen-bond acceptors (Lipinski definition) is 3. The lowest BCUT2D eigenvalue weighted by Crippen LogP contribution is -2.50. The van der Waals surface area contributed by atoms with E-state index in [0.717, 1.165) is 5.69 Å². The monoisotopic (exact) mass is 261 g/mol. The van der Waals surface area contributed by atoms with Crippen LogP contribution in [0.15, 0.2) is 18.2 Å². The van der Waals surface area contributed by atoms with Crippen molar-refractivity contribution in [3.05, 3.63) is 28.2 Å². The van der Waals surface area contributed by atoms with Gasteiger partial charge in [-0.05, 0) is 18.2 Å². The van der Waals surface area contributed by atoms with E-state index < -0.39 is 0 Å². The molecule has 5 heteroatoms. The van der Waals surface area contributed by atoms with Crippen molar-refractivity contribution in [1.29, 1.82) is 0 Å². The van der Waals surface area contributed by atoms with Crippen LogP contribution in [-0.2, 0) is 4.74 Å². The largest absolute Gasteiger partial charge is 0.396 e. The fourth-order valence-corrected chi connectivity index (χ4v) is 1.83. The summed E-state index contributed by atoms with van der Waals surface area (Å²) in [7, 11) is 0. The maximum Gasteiger partial charge on any atom is 0.0612 e. The molecular formula is C11H13Cl2NO2. The van der Waals surface area contributed by atoms with Crippen LogP contribution in [0.1, 0.15) is 0 Å². The minimum atomic E-state index is -0.147. The Bertz CT molecular complexity index is 375. The van der Waals surface area contributed by atoms with Gasteiger partial charge in [0.2, 0.25) is 0 Å². The molecule has 1 aromatic carbocycles. The molecule has 2 rings (SSSR count). The molecule has 0 spiro atoms. The van der Waals surface area contributed by atoms with E-state index >= 15 is 0 Å². The Hall–Kier alpha value is -0.480. The van der Waals surface area contributed by atoms with Crippen molar-refractivity contribution in [1.82, 2.24) is 0 Å². The van der Waals surface area contributed by atoms with Crippen LogP contribution in [-0.4, -0.2) is 31.5 Å². The highest BCUT2D eigenvalue weighted by molar-refractivity contribution is 6.42. The van der Waals surface area contributed by atoms with Crippen LogP contribution in [0, 0.1) is 5.41 Å². The molecule has 0 saturated carbocycles. The van der Waals surface area contributed by atoms with Gasteiger partial charge in [0, 0.05) is 12.2 Å². The highest BCUT2D eigenvalue weighted by Gasteiger charge is 2.37. The molecule has 16 heavy (non-hydrogen) atoms. The topological polar surface area (TPSA) is 41.5 Å². The molecule has 1 aliphatic heterocycles. The molecular weight excluding hydrogens is 249 g/mol. The maximum atomic E-state index is 9.25. The summed E-state index contributed by atoms with van der Waals surface area (Å²) in [6, 6.07) is 5.38. The molecule has 1 aliphatic rings. The molecule has 1 saturated heterocycles. The van der Waals surface area contributed by atoms with Crippen LogP contribution in [0.25, 0.3) is 0 Å². The highest BCUT2D eigenvalue weighted by Crippen LogP contribution is 2.29. The van der Waals surface area contributed by atoms with Gasteiger partial charge in [0.25, 0.3) is 0 Å². The summed E-state index contributed by atoms with van der Waals surface area (Å²) in [5.41, 5.74) is 0.751. The van der Waals surface area contributed by atoms with Gasteiger partial charge in [0.1, 0.15) is 0 Å². The summed E-state index contributed by atoms with van der Waals surface area (Å²) in [5.74, 6) is 0. The number of benzene rings is 1.